The third-order valence-corrected chi connectivity index (χ3v) is 5.74. The summed E-state index contributed by atoms with van der Waals surface area (Å²) in [5.41, 5.74) is 1.23. The van der Waals surface area contributed by atoms with Gasteiger partial charge in [0.25, 0.3) is 5.91 Å². The number of thiocarbonyl (C=S) groups is 1. The van der Waals surface area contributed by atoms with E-state index in [0.717, 1.165) is 17.3 Å². The first-order valence-corrected chi connectivity index (χ1v) is 10.0. The van der Waals surface area contributed by atoms with Crippen molar-refractivity contribution in [1.29, 1.82) is 0 Å². The van der Waals surface area contributed by atoms with Gasteiger partial charge in [-0.25, -0.2) is 0 Å². The molecular weight excluding hydrogens is 432 g/mol. The van der Waals surface area contributed by atoms with Gasteiger partial charge in [-0.3, -0.25) is 14.5 Å². The Morgan fingerprint density at radius 2 is 1.93 bits per heavy atom. The molecule has 0 unspecified atom stereocenters. The predicted molar refractivity (Wildman–Crippen MR) is 120 cm³/mol. The van der Waals surface area contributed by atoms with Crippen molar-refractivity contribution in [3.63, 3.8) is 0 Å². The Morgan fingerprint density at radius 3 is 2.62 bits per heavy atom. The zero-order valence-corrected chi connectivity index (χ0v) is 18.0. The third kappa shape index (κ3) is 4.90. The summed E-state index contributed by atoms with van der Waals surface area (Å²) in [4.78, 5) is 26.8. The highest BCUT2D eigenvalue weighted by atomic mass is 35.5. The van der Waals surface area contributed by atoms with Crippen LogP contribution in [-0.4, -0.2) is 41.8 Å². The lowest BCUT2D eigenvalue weighted by Gasteiger charge is -2.14. The Morgan fingerprint density at radius 1 is 1.21 bits per heavy atom. The van der Waals surface area contributed by atoms with Gasteiger partial charge in [-0.2, -0.15) is 0 Å². The Kier molecular flexibility index (Phi) is 6.79. The molecule has 29 heavy (non-hydrogen) atoms. The lowest BCUT2D eigenvalue weighted by molar-refractivity contribution is -0.126. The topological polar surface area (TPSA) is 67.9 Å². The number of nitrogens with one attached hydrogen (secondary N) is 1. The standard InChI is InChI=1S/C20H17ClN2O4S2/c1-26-15-8-7-12(9-16(15)27-2)10-17-19(25)23(20(28)29-17)11-18(24)22-14-6-4-3-5-13(14)21/h3-10H,11H2,1-2H3,(H,22,24). The number of anilines is 1. The maximum atomic E-state index is 12.7. The number of ether oxygens (including phenoxy) is 2. The minimum atomic E-state index is -0.387. The summed E-state index contributed by atoms with van der Waals surface area (Å²) >= 11 is 12.5. The molecule has 0 saturated carbocycles. The first-order valence-electron chi connectivity index (χ1n) is 8.44. The van der Waals surface area contributed by atoms with Crippen molar-refractivity contribution in [3.8, 4) is 11.5 Å². The van der Waals surface area contributed by atoms with Gasteiger partial charge in [0, 0.05) is 0 Å². The second-order valence-corrected chi connectivity index (χ2v) is 7.99. The van der Waals surface area contributed by atoms with Crippen LogP contribution in [0.1, 0.15) is 5.56 Å². The van der Waals surface area contributed by atoms with Crippen LogP contribution in [0.15, 0.2) is 47.4 Å². The summed E-state index contributed by atoms with van der Waals surface area (Å²) in [7, 11) is 3.09. The second-order valence-electron chi connectivity index (χ2n) is 5.91. The van der Waals surface area contributed by atoms with Crippen LogP contribution < -0.4 is 14.8 Å². The first kappa shape index (κ1) is 21.2. The number of rotatable bonds is 6. The van der Waals surface area contributed by atoms with E-state index in [1.807, 2.05) is 0 Å². The molecule has 2 amide bonds. The van der Waals surface area contributed by atoms with Crippen LogP contribution in [-0.2, 0) is 9.59 Å². The zero-order valence-electron chi connectivity index (χ0n) is 15.6. The van der Waals surface area contributed by atoms with Gasteiger partial charge in [-0.05, 0) is 35.9 Å². The molecule has 150 valence electrons. The normalized spacial score (nSPS) is 15.0. The van der Waals surface area contributed by atoms with Gasteiger partial charge >= 0.3 is 0 Å². The second kappa shape index (κ2) is 9.30. The van der Waals surface area contributed by atoms with E-state index in [1.54, 1.807) is 62.8 Å². The van der Waals surface area contributed by atoms with Crippen molar-refractivity contribution in [2.75, 3.05) is 26.1 Å². The third-order valence-electron chi connectivity index (χ3n) is 4.03. The summed E-state index contributed by atoms with van der Waals surface area (Å²) in [5.74, 6) is 0.426. The molecule has 0 atom stereocenters. The average molecular weight is 449 g/mol. The molecule has 3 rings (SSSR count). The van der Waals surface area contributed by atoms with Crippen LogP contribution >= 0.6 is 35.6 Å². The number of nitrogens with zero attached hydrogens (tertiary/aromatic N) is 1. The molecule has 0 radical (unpaired) electrons. The van der Waals surface area contributed by atoms with Crippen molar-refractivity contribution in [2.24, 2.45) is 0 Å². The van der Waals surface area contributed by atoms with E-state index in [1.165, 1.54) is 4.90 Å². The number of para-hydroxylation sites is 1. The van der Waals surface area contributed by atoms with Gasteiger partial charge in [-0.1, -0.05) is 53.8 Å². The monoisotopic (exact) mass is 448 g/mol. The van der Waals surface area contributed by atoms with Crippen LogP contribution in [0.5, 0.6) is 11.5 Å². The van der Waals surface area contributed by atoms with Crippen molar-refractivity contribution in [1.82, 2.24) is 4.90 Å². The molecule has 0 bridgehead atoms. The molecule has 1 N–H and O–H groups in total. The number of carbonyl (C=O) groups is 2. The molecular formula is C20H17ClN2O4S2. The molecule has 1 aliphatic heterocycles. The fourth-order valence-electron chi connectivity index (χ4n) is 2.63. The largest absolute Gasteiger partial charge is 0.493 e. The van der Waals surface area contributed by atoms with Gasteiger partial charge in [0.2, 0.25) is 5.91 Å². The van der Waals surface area contributed by atoms with E-state index in [-0.39, 0.29) is 18.4 Å². The molecule has 1 heterocycles. The Balaban J connectivity index is 1.73. The average Bonchev–Trinajstić information content (AvgIpc) is 2.97. The minimum Gasteiger partial charge on any atom is -0.493 e. The molecule has 9 heteroatoms. The summed E-state index contributed by atoms with van der Waals surface area (Å²) in [6, 6.07) is 12.2. The minimum absolute atomic E-state index is 0.195. The van der Waals surface area contributed by atoms with Gasteiger partial charge in [0.15, 0.2) is 11.5 Å². The summed E-state index contributed by atoms with van der Waals surface area (Å²) < 4.78 is 10.8. The number of amides is 2. The fourth-order valence-corrected chi connectivity index (χ4v) is 4.06. The highest BCUT2D eigenvalue weighted by Crippen LogP contribution is 2.34. The van der Waals surface area contributed by atoms with Crippen LogP contribution in [0.4, 0.5) is 5.69 Å². The maximum Gasteiger partial charge on any atom is 0.266 e. The number of benzene rings is 2. The Hall–Kier alpha value is -2.55. The number of methoxy groups -OCH3 is 2. The number of thioether (sulfide) groups is 1. The van der Waals surface area contributed by atoms with E-state index in [2.05, 4.69) is 5.32 Å². The molecule has 0 spiro atoms. The highest BCUT2D eigenvalue weighted by Gasteiger charge is 2.33. The van der Waals surface area contributed by atoms with Crippen LogP contribution in [0.3, 0.4) is 0 Å². The zero-order chi connectivity index (χ0) is 21.0. The molecule has 6 nitrogen and oxygen atoms in total. The predicted octanol–water partition coefficient (Wildman–Crippen LogP) is 4.20. The molecule has 1 saturated heterocycles. The van der Waals surface area contributed by atoms with Gasteiger partial charge in [0.05, 0.1) is 29.8 Å². The van der Waals surface area contributed by atoms with Crippen molar-refractivity contribution >= 4 is 63.5 Å². The number of hydrogen-bond donors (Lipinski definition) is 1. The summed E-state index contributed by atoms with van der Waals surface area (Å²) in [5, 5.41) is 3.10. The van der Waals surface area contributed by atoms with E-state index in [4.69, 9.17) is 33.3 Å². The lowest BCUT2D eigenvalue weighted by atomic mass is 10.2. The molecule has 0 aromatic heterocycles. The lowest BCUT2D eigenvalue weighted by Crippen LogP contribution is -2.36. The number of halogens is 1. The van der Waals surface area contributed by atoms with Gasteiger partial charge in [-0.15, -0.1) is 0 Å². The van der Waals surface area contributed by atoms with Gasteiger partial charge < -0.3 is 14.8 Å². The van der Waals surface area contributed by atoms with Gasteiger partial charge in [0.1, 0.15) is 10.9 Å². The van der Waals surface area contributed by atoms with Crippen LogP contribution in [0.2, 0.25) is 5.02 Å². The molecule has 0 aliphatic carbocycles. The summed E-state index contributed by atoms with van der Waals surface area (Å²) in [6.07, 6.45) is 1.70. The van der Waals surface area contributed by atoms with E-state index in [0.29, 0.717) is 31.4 Å². The van der Waals surface area contributed by atoms with E-state index in [9.17, 15) is 9.59 Å². The van der Waals surface area contributed by atoms with Crippen molar-refractivity contribution < 1.29 is 19.1 Å². The Labute approximate surface area is 182 Å². The maximum absolute atomic E-state index is 12.7. The smallest absolute Gasteiger partial charge is 0.266 e. The fraction of sp³-hybridized carbons (Fsp3) is 0.150. The van der Waals surface area contributed by atoms with E-state index >= 15 is 0 Å². The highest BCUT2D eigenvalue weighted by molar-refractivity contribution is 8.26. The summed E-state index contributed by atoms with van der Waals surface area (Å²) in [6.45, 7) is -0.195. The molecule has 1 aliphatic rings. The van der Waals surface area contributed by atoms with Crippen molar-refractivity contribution in [2.45, 2.75) is 0 Å². The number of hydrogen-bond acceptors (Lipinski definition) is 6. The van der Waals surface area contributed by atoms with E-state index < -0.39 is 0 Å². The molecule has 2 aromatic rings. The Bertz CT molecular complexity index is 1010. The number of carbonyl (C=O) groups excluding carboxylic acids is 2. The van der Waals surface area contributed by atoms with Crippen LogP contribution in [0.25, 0.3) is 6.08 Å². The van der Waals surface area contributed by atoms with Crippen LogP contribution in [0, 0.1) is 0 Å². The molecule has 2 aromatic carbocycles. The van der Waals surface area contributed by atoms with Crippen molar-refractivity contribution in [3.05, 3.63) is 58.0 Å². The quantitative estimate of drug-likeness (QED) is 0.527. The first-order chi connectivity index (χ1) is 13.9. The SMILES string of the molecule is COc1ccc(C=C2SC(=S)N(CC(=O)Nc3ccccc3Cl)C2=O)cc1OC. The molecule has 1 fully saturated rings.